The lowest BCUT2D eigenvalue weighted by atomic mass is 10.2. The Morgan fingerprint density at radius 1 is 1.50 bits per heavy atom. The Bertz CT molecular complexity index is 95.4. The van der Waals surface area contributed by atoms with Crippen LogP contribution in [-0.2, 0) is 4.74 Å². The van der Waals surface area contributed by atoms with Crippen LogP contribution >= 0.6 is 11.8 Å². The zero-order valence-electron chi connectivity index (χ0n) is 6.96. The highest BCUT2D eigenvalue weighted by atomic mass is 32.2. The minimum atomic E-state index is 0.455. The molecule has 1 aliphatic heterocycles. The normalized spacial score (nSPS) is 34.8. The van der Waals surface area contributed by atoms with E-state index in [4.69, 9.17) is 4.74 Å². The van der Waals surface area contributed by atoms with Gasteiger partial charge >= 0.3 is 0 Å². The summed E-state index contributed by atoms with van der Waals surface area (Å²) in [5.41, 5.74) is 0.455. The monoisotopic (exact) mass is 160 g/mol. The first kappa shape index (κ1) is 8.41. The summed E-state index contributed by atoms with van der Waals surface area (Å²) < 4.78 is 5.61. The van der Waals surface area contributed by atoms with Crippen LogP contribution in [0.1, 0.15) is 20.8 Å². The summed E-state index contributed by atoms with van der Waals surface area (Å²) >= 11 is 1.96. The lowest BCUT2D eigenvalue weighted by molar-refractivity contribution is 0.0562. The minimum absolute atomic E-state index is 0.455. The molecule has 2 atom stereocenters. The third-order valence-corrected chi connectivity index (χ3v) is 3.40. The van der Waals surface area contributed by atoms with E-state index < -0.39 is 0 Å². The van der Waals surface area contributed by atoms with Crippen LogP contribution in [0.25, 0.3) is 0 Å². The lowest BCUT2D eigenvalue weighted by Gasteiger charge is -2.28. The van der Waals surface area contributed by atoms with Crippen molar-refractivity contribution in [1.29, 1.82) is 0 Å². The molecule has 0 N–H and O–H groups in total. The van der Waals surface area contributed by atoms with Gasteiger partial charge < -0.3 is 4.74 Å². The number of rotatable bonds is 1. The van der Waals surface area contributed by atoms with Crippen molar-refractivity contribution in [2.75, 3.05) is 12.4 Å². The largest absolute Gasteiger partial charge is 0.367 e. The highest BCUT2D eigenvalue weighted by Gasteiger charge is 2.21. The second-order valence-corrected chi connectivity index (χ2v) is 4.52. The predicted octanol–water partition coefficient (Wildman–Crippen LogP) is 2.37. The Labute approximate surface area is 67.5 Å². The molecule has 1 nitrogen and oxygen atoms in total. The van der Waals surface area contributed by atoms with Gasteiger partial charge in [-0.2, -0.15) is 0 Å². The molecule has 0 aromatic heterocycles. The van der Waals surface area contributed by atoms with E-state index in [9.17, 15) is 0 Å². The predicted molar refractivity (Wildman–Crippen MR) is 46.2 cm³/mol. The minimum Gasteiger partial charge on any atom is -0.367 e. The first-order valence-electron chi connectivity index (χ1n) is 3.93. The van der Waals surface area contributed by atoms with E-state index in [0.717, 1.165) is 12.5 Å². The second-order valence-electron chi connectivity index (χ2n) is 3.38. The fourth-order valence-corrected chi connectivity index (χ4v) is 2.17. The number of thioether (sulfide) groups is 1. The van der Waals surface area contributed by atoms with Gasteiger partial charge in [0.2, 0.25) is 0 Å². The van der Waals surface area contributed by atoms with Crippen LogP contribution in [0.3, 0.4) is 0 Å². The van der Waals surface area contributed by atoms with Crippen LogP contribution in [0.4, 0.5) is 0 Å². The summed E-state index contributed by atoms with van der Waals surface area (Å²) in [5, 5.41) is 0. The zero-order chi connectivity index (χ0) is 7.56. The number of hydrogen-bond acceptors (Lipinski definition) is 2. The molecule has 10 heavy (non-hydrogen) atoms. The smallest absolute Gasteiger partial charge is 0.105 e. The van der Waals surface area contributed by atoms with Gasteiger partial charge in [0.25, 0.3) is 0 Å². The fraction of sp³-hybridized carbons (Fsp3) is 1.00. The Morgan fingerprint density at radius 2 is 2.20 bits per heavy atom. The highest BCUT2D eigenvalue weighted by Crippen LogP contribution is 2.27. The van der Waals surface area contributed by atoms with Gasteiger partial charge in [-0.25, -0.2) is 0 Å². The molecule has 2 heteroatoms. The van der Waals surface area contributed by atoms with Crippen molar-refractivity contribution in [3.05, 3.63) is 0 Å². The average molecular weight is 160 g/mol. The van der Waals surface area contributed by atoms with Crippen LogP contribution in [0.2, 0.25) is 0 Å². The van der Waals surface area contributed by atoms with E-state index in [2.05, 4.69) is 20.8 Å². The molecule has 1 aliphatic rings. The molecule has 1 fully saturated rings. The van der Waals surface area contributed by atoms with E-state index in [1.165, 1.54) is 5.75 Å². The van der Waals surface area contributed by atoms with E-state index in [1.54, 1.807) is 0 Å². The molecule has 1 rings (SSSR count). The quantitative estimate of drug-likeness (QED) is 0.582. The number of hydrogen-bond donors (Lipinski definition) is 0. The van der Waals surface area contributed by atoms with E-state index >= 15 is 0 Å². The molecule has 0 aromatic carbocycles. The Kier molecular flexibility index (Phi) is 3.05. The molecule has 1 saturated heterocycles. The lowest BCUT2D eigenvalue weighted by Crippen LogP contribution is -2.26. The zero-order valence-corrected chi connectivity index (χ0v) is 7.78. The molecule has 1 heterocycles. The second kappa shape index (κ2) is 3.63. The van der Waals surface area contributed by atoms with Crippen LogP contribution in [0.5, 0.6) is 0 Å². The fourth-order valence-electron chi connectivity index (χ4n) is 0.999. The molecule has 0 bridgehead atoms. The van der Waals surface area contributed by atoms with Gasteiger partial charge in [0.15, 0.2) is 0 Å². The summed E-state index contributed by atoms with van der Waals surface area (Å²) in [5.74, 6) is 2.68. The average Bonchev–Trinajstić information content (AvgIpc) is 1.88. The molecular formula is C8H16OS. The van der Waals surface area contributed by atoms with Crippen molar-refractivity contribution in [3.63, 3.8) is 0 Å². The van der Waals surface area contributed by atoms with Gasteiger partial charge in [0.05, 0.1) is 6.61 Å². The maximum atomic E-state index is 5.61. The van der Waals surface area contributed by atoms with Crippen molar-refractivity contribution >= 4 is 11.8 Å². The molecule has 0 spiro atoms. The van der Waals surface area contributed by atoms with Gasteiger partial charge in [-0.15, -0.1) is 11.8 Å². The van der Waals surface area contributed by atoms with Crippen molar-refractivity contribution in [1.82, 2.24) is 0 Å². The summed E-state index contributed by atoms with van der Waals surface area (Å²) in [6, 6.07) is 0. The third-order valence-electron chi connectivity index (χ3n) is 1.63. The molecule has 0 aromatic rings. The third kappa shape index (κ3) is 2.17. The number of ether oxygens (including phenoxy) is 1. The summed E-state index contributed by atoms with van der Waals surface area (Å²) in [7, 11) is 0. The molecule has 0 radical (unpaired) electrons. The van der Waals surface area contributed by atoms with E-state index in [-0.39, 0.29) is 0 Å². The Balaban J connectivity index is 2.26. The van der Waals surface area contributed by atoms with Crippen molar-refractivity contribution in [2.24, 2.45) is 11.8 Å². The highest BCUT2D eigenvalue weighted by molar-refractivity contribution is 7.99. The van der Waals surface area contributed by atoms with Gasteiger partial charge in [-0.1, -0.05) is 20.8 Å². The van der Waals surface area contributed by atoms with Crippen LogP contribution < -0.4 is 0 Å². The van der Waals surface area contributed by atoms with Crippen molar-refractivity contribution < 1.29 is 4.74 Å². The van der Waals surface area contributed by atoms with Crippen LogP contribution in [0.15, 0.2) is 0 Å². The first-order chi connectivity index (χ1) is 4.70. The van der Waals surface area contributed by atoms with Crippen LogP contribution in [0, 0.1) is 11.8 Å². The summed E-state index contributed by atoms with van der Waals surface area (Å²) in [6.07, 6.45) is 0. The van der Waals surface area contributed by atoms with Crippen molar-refractivity contribution in [2.45, 2.75) is 26.2 Å². The van der Waals surface area contributed by atoms with Gasteiger partial charge in [0.1, 0.15) is 5.44 Å². The van der Waals surface area contributed by atoms with E-state index in [0.29, 0.717) is 11.4 Å². The first-order valence-corrected chi connectivity index (χ1v) is 4.98. The van der Waals surface area contributed by atoms with Gasteiger partial charge in [-0.05, 0) is 11.8 Å². The standard InChI is InChI=1S/C8H16OS/c1-6(2)8-9-4-7(3)5-10-8/h6-8H,4-5H2,1-3H3. The van der Waals surface area contributed by atoms with Crippen molar-refractivity contribution in [3.8, 4) is 0 Å². The van der Waals surface area contributed by atoms with Gasteiger partial charge in [0, 0.05) is 5.75 Å². The molecule has 0 aliphatic carbocycles. The van der Waals surface area contributed by atoms with E-state index in [1.807, 2.05) is 11.8 Å². The summed E-state index contributed by atoms with van der Waals surface area (Å²) in [4.78, 5) is 0. The molecule has 2 unspecified atom stereocenters. The Hall–Kier alpha value is 0.310. The maximum Gasteiger partial charge on any atom is 0.105 e. The van der Waals surface area contributed by atoms with Gasteiger partial charge in [-0.3, -0.25) is 0 Å². The molecule has 0 saturated carbocycles. The molecule has 60 valence electrons. The maximum absolute atomic E-state index is 5.61. The topological polar surface area (TPSA) is 9.23 Å². The molecule has 0 amide bonds. The molecular weight excluding hydrogens is 144 g/mol. The SMILES string of the molecule is CC1COC(C(C)C)SC1. The summed E-state index contributed by atoms with van der Waals surface area (Å²) in [6.45, 7) is 7.63. The Morgan fingerprint density at radius 3 is 2.60 bits per heavy atom. The van der Waals surface area contributed by atoms with Crippen LogP contribution in [-0.4, -0.2) is 17.8 Å².